The fraction of sp³-hybridized carbons (Fsp3) is 0.235. The highest BCUT2D eigenvalue weighted by molar-refractivity contribution is 7.90. The SMILES string of the molecule is CCOC(=O)/C(C)=N/Nc1ccc(Oc2ccc(S(C)(=O)=O)nc2)cc1. The molecule has 0 aliphatic carbocycles. The van der Waals surface area contributed by atoms with E-state index in [-0.39, 0.29) is 17.3 Å². The Morgan fingerprint density at radius 1 is 1.15 bits per heavy atom. The Labute approximate surface area is 151 Å². The quantitative estimate of drug-likeness (QED) is 0.449. The van der Waals surface area contributed by atoms with Gasteiger partial charge in [-0.3, -0.25) is 5.43 Å². The number of pyridine rings is 1. The van der Waals surface area contributed by atoms with E-state index in [4.69, 9.17) is 9.47 Å². The zero-order valence-electron chi connectivity index (χ0n) is 14.6. The van der Waals surface area contributed by atoms with E-state index < -0.39 is 15.8 Å². The van der Waals surface area contributed by atoms with Gasteiger partial charge in [-0.15, -0.1) is 0 Å². The highest BCUT2D eigenvalue weighted by Gasteiger charge is 2.09. The molecule has 0 atom stereocenters. The molecule has 0 fully saturated rings. The van der Waals surface area contributed by atoms with Crippen molar-refractivity contribution >= 4 is 27.2 Å². The van der Waals surface area contributed by atoms with E-state index in [1.165, 1.54) is 18.3 Å². The van der Waals surface area contributed by atoms with Gasteiger partial charge in [0.05, 0.1) is 18.5 Å². The van der Waals surface area contributed by atoms with Crippen LogP contribution in [0.15, 0.2) is 52.7 Å². The third kappa shape index (κ3) is 5.55. The Kier molecular flexibility index (Phi) is 6.29. The number of benzene rings is 1. The number of hydrogen-bond acceptors (Lipinski definition) is 8. The van der Waals surface area contributed by atoms with Crippen LogP contribution in [0.2, 0.25) is 0 Å². The van der Waals surface area contributed by atoms with Crippen LogP contribution in [0.1, 0.15) is 13.8 Å². The summed E-state index contributed by atoms with van der Waals surface area (Å²) >= 11 is 0. The van der Waals surface area contributed by atoms with Crippen molar-refractivity contribution in [2.24, 2.45) is 5.10 Å². The van der Waals surface area contributed by atoms with Crippen molar-refractivity contribution in [1.29, 1.82) is 0 Å². The number of carbonyl (C=O) groups is 1. The number of hydrogen-bond donors (Lipinski definition) is 1. The molecule has 0 amide bonds. The maximum Gasteiger partial charge on any atom is 0.354 e. The van der Waals surface area contributed by atoms with Gasteiger partial charge in [-0.05, 0) is 50.2 Å². The number of ether oxygens (including phenoxy) is 2. The largest absolute Gasteiger partial charge is 0.461 e. The summed E-state index contributed by atoms with van der Waals surface area (Å²) in [5.74, 6) is 0.467. The monoisotopic (exact) mass is 377 g/mol. The average Bonchev–Trinajstić information content (AvgIpc) is 2.61. The summed E-state index contributed by atoms with van der Waals surface area (Å²) in [4.78, 5) is 15.3. The Morgan fingerprint density at radius 2 is 1.81 bits per heavy atom. The molecule has 0 saturated carbocycles. The van der Waals surface area contributed by atoms with Gasteiger partial charge in [0.1, 0.15) is 17.2 Å². The lowest BCUT2D eigenvalue weighted by atomic mass is 10.3. The van der Waals surface area contributed by atoms with Crippen molar-refractivity contribution in [3.63, 3.8) is 0 Å². The van der Waals surface area contributed by atoms with Gasteiger partial charge in [-0.2, -0.15) is 5.10 Å². The fourth-order valence-corrected chi connectivity index (χ4v) is 2.37. The van der Waals surface area contributed by atoms with Gasteiger partial charge >= 0.3 is 5.97 Å². The minimum atomic E-state index is -3.34. The van der Waals surface area contributed by atoms with E-state index in [1.807, 2.05) is 0 Å². The zero-order valence-corrected chi connectivity index (χ0v) is 15.4. The van der Waals surface area contributed by atoms with E-state index in [2.05, 4.69) is 15.5 Å². The molecule has 8 nitrogen and oxygen atoms in total. The highest BCUT2D eigenvalue weighted by atomic mass is 32.2. The number of nitrogens with zero attached hydrogens (tertiary/aromatic N) is 2. The molecule has 1 aromatic carbocycles. The molecule has 2 aromatic rings. The molecular formula is C17H19N3O5S. The number of nitrogens with one attached hydrogen (secondary N) is 1. The molecule has 0 aliphatic heterocycles. The molecule has 1 heterocycles. The van der Waals surface area contributed by atoms with Crippen LogP contribution in [-0.4, -0.2) is 37.9 Å². The van der Waals surface area contributed by atoms with Gasteiger partial charge in [0.15, 0.2) is 14.9 Å². The Balaban J connectivity index is 1.99. The number of anilines is 1. The lowest BCUT2D eigenvalue weighted by Crippen LogP contribution is -2.15. The second-order valence-electron chi connectivity index (χ2n) is 5.26. The summed E-state index contributed by atoms with van der Waals surface area (Å²) in [7, 11) is -3.34. The number of rotatable bonds is 7. The van der Waals surface area contributed by atoms with Crippen molar-refractivity contribution in [3.05, 3.63) is 42.6 Å². The van der Waals surface area contributed by atoms with Crippen molar-refractivity contribution in [2.75, 3.05) is 18.3 Å². The summed E-state index contributed by atoms with van der Waals surface area (Å²) in [5, 5.41) is 3.93. The molecule has 0 radical (unpaired) electrons. The van der Waals surface area contributed by atoms with Crippen molar-refractivity contribution in [1.82, 2.24) is 4.98 Å². The second kappa shape index (κ2) is 8.43. The molecule has 138 valence electrons. The smallest absolute Gasteiger partial charge is 0.354 e. The maximum absolute atomic E-state index is 11.5. The predicted molar refractivity (Wildman–Crippen MR) is 97.2 cm³/mol. The Bertz CT molecular complexity index is 891. The van der Waals surface area contributed by atoms with E-state index in [9.17, 15) is 13.2 Å². The number of aromatic nitrogens is 1. The molecule has 1 N–H and O–H groups in total. The maximum atomic E-state index is 11.5. The zero-order chi connectivity index (χ0) is 19.2. The van der Waals surface area contributed by atoms with E-state index in [1.54, 1.807) is 38.1 Å². The van der Waals surface area contributed by atoms with Crippen LogP contribution in [0.25, 0.3) is 0 Å². The summed E-state index contributed by atoms with van der Waals surface area (Å²) < 4.78 is 33.2. The van der Waals surface area contributed by atoms with Crippen LogP contribution in [0.3, 0.4) is 0 Å². The standard InChI is InChI=1S/C17H19N3O5S/c1-4-24-17(21)12(2)19-20-13-5-7-14(8-6-13)25-15-9-10-16(18-11-15)26(3,22)23/h5-11,20H,4H2,1-3H3/b19-12+. The van der Waals surface area contributed by atoms with Crippen LogP contribution in [0.4, 0.5) is 5.69 Å². The number of hydrazone groups is 1. The summed E-state index contributed by atoms with van der Waals surface area (Å²) in [5.41, 5.74) is 3.62. The Hall–Kier alpha value is -2.94. The van der Waals surface area contributed by atoms with Crippen LogP contribution >= 0.6 is 0 Å². The fourth-order valence-electron chi connectivity index (χ4n) is 1.81. The second-order valence-corrected chi connectivity index (χ2v) is 7.22. The van der Waals surface area contributed by atoms with Gasteiger partial charge < -0.3 is 9.47 Å². The lowest BCUT2D eigenvalue weighted by molar-refractivity contribution is -0.135. The highest BCUT2D eigenvalue weighted by Crippen LogP contribution is 2.23. The predicted octanol–water partition coefficient (Wildman–Crippen LogP) is 2.63. The summed E-state index contributed by atoms with van der Waals surface area (Å²) in [6.45, 7) is 3.56. The third-order valence-corrected chi connectivity index (χ3v) is 4.10. The molecule has 0 bridgehead atoms. The first-order chi connectivity index (χ1) is 12.3. The third-order valence-electron chi connectivity index (χ3n) is 3.10. The van der Waals surface area contributed by atoms with E-state index in [0.29, 0.717) is 17.2 Å². The van der Waals surface area contributed by atoms with Crippen LogP contribution in [0.5, 0.6) is 11.5 Å². The van der Waals surface area contributed by atoms with Gasteiger partial charge in [-0.1, -0.05) is 0 Å². The summed E-state index contributed by atoms with van der Waals surface area (Å²) in [6.07, 6.45) is 2.43. The minimum Gasteiger partial charge on any atom is -0.461 e. The van der Waals surface area contributed by atoms with Crippen LogP contribution in [0, 0.1) is 0 Å². The molecule has 0 aliphatic rings. The molecule has 9 heteroatoms. The van der Waals surface area contributed by atoms with Crippen molar-refractivity contribution in [3.8, 4) is 11.5 Å². The molecule has 2 rings (SSSR count). The molecule has 0 saturated heterocycles. The first-order valence-electron chi connectivity index (χ1n) is 7.71. The van der Waals surface area contributed by atoms with Gasteiger partial charge in [0.2, 0.25) is 0 Å². The number of carbonyl (C=O) groups excluding carboxylic acids is 1. The molecule has 1 aromatic heterocycles. The normalized spacial score (nSPS) is 11.7. The first kappa shape index (κ1) is 19.4. The first-order valence-corrected chi connectivity index (χ1v) is 9.60. The van der Waals surface area contributed by atoms with Crippen molar-refractivity contribution in [2.45, 2.75) is 18.9 Å². The average molecular weight is 377 g/mol. The van der Waals surface area contributed by atoms with Gasteiger partial charge in [0, 0.05) is 6.26 Å². The topological polar surface area (TPSA) is 107 Å². The molecule has 0 spiro atoms. The Morgan fingerprint density at radius 3 is 2.35 bits per heavy atom. The number of sulfone groups is 1. The van der Waals surface area contributed by atoms with Crippen LogP contribution < -0.4 is 10.2 Å². The molecular weight excluding hydrogens is 358 g/mol. The van der Waals surface area contributed by atoms with Gasteiger partial charge in [0.25, 0.3) is 0 Å². The van der Waals surface area contributed by atoms with E-state index >= 15 is 0 Å². The minimum absolute atomic E-state index is 0.0146. The molecule has 26 heavy (non-hydrogen) atoms. The van der Waals surface area contributed by atoms with Crippen molar-refractivity contribution < 1.29 is 22.7 Å². The van der Waals surface area contributed by atoms with E-state index in [0.717, 1.165) is 6.26 Å². The lowest BCUT2D eigenvalue weighted by Gasteiger charge is -2.07. The van der Waals surface area contributed by atoms with Gasteiger partial charge in [-0.25, -0.2) is 18.2 Å². The summed E-state index contributed by atoms with van der Waals surface area (Å²) in [6, 6.07) is 9.74. The number of esters is 1. The van der Waals surface area contributed by atoms with Crippen LogP contribution in [-0.2, 0) is 19.4 Å². The molecule has 0 unspecified atom stereocenters.